The Morgan fingerprint density at radius 1 is 1.46 bits per heavy atom. The molecular weight excluding hydrogens is 366 g/mol. The number of benzene rings is 1. The number of aldehydes is 1. The second-order valence-electron chi connectivity index (χ2n) is 6.99. The third kappa shape index (κ3) is 4.14. The van der Waals surface area contributed by atoms with Gasteiger partial charge in [-0.3, -0.25) is 15.2 Å². The first-order valence-electron chi connectivity index (χ1n) is 8.61. The minimum absolute atomic E-state index is 0.00188. The summed E-state index contributed by atoms with van der Waals surface area (Å²) >= 11 is 0. The predicted octanol–water partition coefficient (Wildman–Crippen LogP) is 4.02. The number of carbonyl (C=O) groups excluding carboxylic acids is 1. The third-order valence-electron chi connectivity index (χ3n) is 4.65. The van der Waals surface area contributed by atoms with Crippen molar-refractivity contribution in [2.45, 2.75) is 32.4 Å². The zero-order chi connectivity index (χ0) is 20.3. The van der Waals surface area contributed by atoms with Crippen molar-refractivity contribution in [1.29, 1.82) is 10.7 Å². The fourth-order valence-corrected chi connectivity index (χ4v) is 3.26. The van der Waals surface area contributed by atoms with Gasteiger partial charge in [0.25, 0.3) is 0 Å². The molecule has 0 atom stereocenters. The number of halogens is 2. The Kier molecular flexibility index (Phi) is 5.36. The Morgan fingerprint density at radius 3 is 2.86 bits per heavy atom. The summed E-state index contributed by atoms with van der Waals surface area (Å²) in [4.78, 5) is 15.3. The normalized spacial score (nSPS) is 20.8. The van der Waals surface area contributed by atoms with E-state index in [4.69, 9.17) is 10.7 Å². The molecule has 0 bridgehead atoms. The van der Waals surface area contributed by atoms with E-state index < -0.39 is 6.61 Å². The molecule has 0 unspecified atom stereocenters. The van der Waals surface area contributed by atoms with Crippen molar-refractivity contribution in [3.8, 4) is 11.8 Å². The van der Waals surface area contributed by atoms with Gasteiger partial charge in [-0.15, -0.1) is 0 Å². The molecule has 0 spiro atoms. The summed E-state index contributed by atoms with van der Waals surface area (Å²) in [5, 5.41) is 20.9. The maximum atomic E-state index is 12.5. The lowest BCUT2D eigenvalue weighted by molar-refractivity contribution is -0.0498. The summed E-state index contributed by atoms with van der Waals surface area (Å²) in [5.74, 6) is -0.0555. The highest BCUT2D eigenvalue weighted by Gasteiger charge is 2.40. The van der Waals surface area contributed by atoms with E-state index in [9.17, 15) is 13.6 Å². The number of alkyl halides is 2. The number of hydrogen-bond acceptors (Lipinski definition) is 6. The first-order valence-corrected chi connectivity index (χ1v) is 8.61. The van der Waals surface area contributed by atoms with Gasteiger partial charge in [-0.25, -0.2) is 0 Å². The molecule has 1 saturated carbocycles. The largest absolute Gasteiger partial charge is 0.435 e. The Labute approximate surface area is 160 Å². The van der Waals surface area contributed by atoms with Crippen LogP contribution in [0.2, 0.25) is 0 Å². The molecule has 28 heavy (non-hydrogen) atoms. The predicted molar refractivity (Wildman–Crippen MR) is 99.0 cm³/mol. The number of anilines is 1. The lowest BCUT2D eigenvalue weighted by Gasteiger charge is -2.41. The monoisotopic (exact) mass is 384 g/mol. The molecule has 0 saturated heterocycles. The first kappa shape index (κ1) is 19.4. The average Bonchev–Trinajstić information content (AvgIpc) is 2.65. The van der Waals surface area contributed by atoms with Crippen LogP contribution in [0.15, 0.2) is 36.5 Å². The van der Waals surface area contributed by atoms with Crippen molar-refractivity contribution in [2.75, 3.05) is 5.32 Å². The fourth-order valence-electron chi connectivity index (χ4n) is 3.26. The van der Waals surface area contributed by atoms with Crippen LogP contribution >= 0.6 is 0 Å². The maximum Gasteiger partial charge on any atom is 0.387 e. The average molecular weight is 384 g/mol. The van der Waals surface area contributed by atoms with Crippen LogP contribution in [0.4, 0.5) is 14.5 Å². The second kappa shape index (κ2) is 7.72. The van der Waals surface area contributed by atoms with E-state index in [1.807, 2.05) is 6.92 Å². The van der Waals surface area contributed by atoms with Crippen LogP contribution in [0.5, 0.6) is 5.75 Å². The van der Waals surface area contributed by atoms with E-state index in [0.717, 1.165) is 0 Å². The quantitative estimate of drug-likeness (QED) is 0.555. The summed E-state index contributed by atoms with van der Waals surface area (Å²) in [6.07, 6.45) is 3.28. The molecular formula is C20H18F2N4O2. The minimum Gasteiger partial charge on any atom is -0.435 e. The van der Waals surface area contributed by atoms with Gasteiger partial charge in [-0.05, 0) is 38.0 Å². The number of aromatic nitrogens is 1. The third-order valence-corrected chi connectivity index (χ3v) is 4.65. The molecule has 1 aromatic carbocycles. The SMILES string of the molecule is CC1(C#N)CC(Nc2cc(C=O)cnc2C(=N)c2cccc(OC(F)F)c2)C1. The Hall–Kier alpha value is -3.34. The summed E-state index contributed by atoms with van der Waals surface area (Å²) in [7, 11) is 0. The lowest BCUT2D eigenvalue weighted by Crippen LogP contribution is -2.42. The maximum absolute atomic E-state index is 12.5. The molecule has 2 N–H and O–H groups in total. The Morgan fingerprint density at radius 2 is 2.21 bits per heavy atom. The topological polar surface area (TPSA) is 98.9 Å². The fraction of sp³-hybridized carbons (Fsp3) is 0.300. The van der Waals surface area contributed by atoms with Crippen LogP contribution in [-0.2, 0) is 0 Å². The molecule has 2 aromatic rings. The van der Waals surface area contributed by atoms with E-state index in [2.05, 4.69) is 21.1 Å². The molecule has 1 aromatic heterocycles. The number of pyridine rings is 1. The highest BCUT2D eigenvalue weighted by Crippen LogP contribution is 2.41. The van der Waals surface area contributed by atoms with E-state index in [-0.39, 0.29) is 28.6 Å². The summed E-state index contributed by atoms with van der Waals surface area (Å²) < 4.78 is 29.3. The first-order chi connectivity index (χ1) is 13.3. The van der Waals surface area contributed by atoms with Crippen LogP contribution in [0, 0.1) is 22.2 Å². The number of nitrogens with zero attached hydrogens (tertiary/aromatic N) is 2. The molecule has 3 rings (SSSR count). The van der Waals surface area contributed by atoms with Crippen LogP contribution in [0.3, 0.4) is 0 Å². The molecule has 0 amide bonds. The van der Waals surface area contributed by atoms with Gasteiger partial charge in [-0.2, -0.15) is 14.0 Å². The molecule has 1 heterocycles. The van der Waals surface area contributed by atoms with Crippen molar-refractivity contribution in [3.05, 3.63) is 53.3 Å². The van der Waals surface area contributed by atoms with Crippen molar-refractivity contribution in [1.82, 2.24) is 4.98 Å². The van der Waals surface area contributed by atoms with E-state index in [0.29, 0.717) is 35.9 Å². The van der Waals surface area contributed by atoms with E-state index in [1.165, 1.54) is 24.4 Å². The Balaban J connectivity index is 1.88. The lowest BCUT2D eigenvalue weighted by atomic mass is 9.68. The van der Waals surface area contributed by atoms with Crippen molar-refractivity contribution >= 4 is 17.7 Å². The molecule has 1 aliphatic rings. The summed E-state index contributed by atoms with van der Waals surface area (Å²) in [6, 6.07) is 9.70. The van der Waals surface area contributed by atoms with E-state index in [1.54, 1.807) is 12.1 Å². The van der Waals surface area contributed by atoms with Gasteiger partial charge < -0.3 is 10.1 Å². The summed E-state index contributed by atoms with van der Waals surface area (Å²) in [6.45, 7) is -1.08. The van der Waals surface area contributed by atoms with Gasteiger partial charge in [0.05, 0.1) is 22.9 Å². The number of nitrogens with one attached hydrogen (secondary N) is 2. The van der Waals surface area contributed by atoms with Crippen LogP contribution in [0.25, 0.3) is 0 Å². The van der Waals surface area contributed by atoms with Gasteiger partial charge >= 0.3 is 6.61 Å². The van der Waals surface area contributed by atoms with Crippen molar-refractivity contribution < 1.29 is 18.3 Å². The second-order valence-corrected chi connectivity index (χ2v) is 6.99. The van der Waals surface area contributed by atoms with Crippen molar-refractivity contribution in [3.63, 3.8) is 0 Å². The van der Waals surface area contributed by atoms with Crippen LogP contribution in [-0.4, -0.2) is 29.6 Å². The number of carbonyl (C=O) groups is 1. The van der Waals surface area contributed by atoms with Gasteiger partial charge in [-0.1, -0.05) is 12.1 Å². The van der Waals surface area contributed by atoms with Gasteiger partial charge in [0.15, 0.2) is 6.29 Å². The molecule has 6 nitrogen and oxygen atoms in total. The standard InChI is InChI=1S/C20H18F2N4O2/c1-20(11-23)7-14(8-20)26-16-5-12(10-27)9-25-18(16)17(24)13-3-2-4-15(6-13)28-19(21)22/h2-6,9-10,14,19,24,26H,7-8H2,1H3. The minimum atomic E-state index is -2.96. The van der Waals surface area contributed by atoms with Gasteiger partial charge in [0, 0.05) is 23.4 Å². The molecule has 1 aliphatic carbocycles. The number of rotatable bonds is 7. The zero-order valence-electron chi connectivity index (χ0n) is 15.1. The zero-order valence-corrected chi connectivity index (χ0v) is 15.1. The molecule has 0 radical (unpaired) electrons. The number of hydrogen-bond donors (Lipinski definition) is 2. The molecule has 1 fully saturated rings. The van der Waals surface area contributed by atoms with Gasteiger partial charge in [0.1, 0.15) is 11.4 Å². The molecule has 144 valence electrons. The highest BCUT2D eigenvalue weighted by molar-refractivity contribution is 6.13. The summed E-state index contributed by atoms with van der Waals surface area (Å²) in [5.41, 5.74) is 1.08. The number of ether oxygens (including phenoxy) is 1. The molecule has 8 heteroatoms. The number of nitriles is 1. The highest BCUT2D eigenvalue weighted by atomic mass is 19.3. The van der Waals surface area contributed by atoms with Crippen LogP contribution in [0.1, 0.15) is 41.4 Å². The van der Waals surface area contributed by atoms with Crippen LogP contribution < -0.4 is 10.1 Å². The van der Waals surface area contributed by atoms with Crippen molar-refractivity contribution in [2.24, 2.45) is 5.41 Å². The molecule has 0 aliphatic heterocycles. The van der Waals surface area contributed by atoms with Gasteiger partial charge in [0.2, 0.25) is 0 Å². The Bertz CT molecular complexity index is 949. The smallest absolute Gasteiger partial charge is 0.387 e. The van der Waals surface area contributed by atoms with E-state index >= 15 is 0 Å².